The van der Waals surface area contributed by atoms with Gasteiger partial charge in [0.25, 0.3) is 5.91 Å². The van der Waals surface area contributed by atoms with Crippen molar-refractivity contribution in [3.05, 3.63) is 109 Å². The summed E-state index contributed by atoms with van der Waals surface area (Å²) in [5, 5.41) is 3.87. The van der Waals surface area contributed by atoms with Crippen molar-refractivity contribution in [1.29, 1.82) is 0 Å². The van der Waals surface area contributed by atoms with E-state index < -0.39 is 18.1 Å². The number of carbonyl (C=O) groups is 2. The summed E-state index contributed by atoms with van der Waals surface area (Å²) in [4.78, 5) is 34.6. The Kier molecular flexibility index (Phi) is 4.30. The van der Waals surface area contributed by atoms with Crippen LogP contribution >= 0.6 is 0 Å². The van der Waals surface area contributed by atoms with E-state index in [-0.39, 0.29) is 11.8 Å². The molecule has 2 aliphatic rings. The molecule has 2 amide bonds. The number of hydroxylamine groups is 1. The molecular weight excluding hydrogens is 400 g/mol. The standard InChI is InChI=1S/C27H20N2O3/c30-26-23-24(22-17-9-11-18-10-7-8-16-21(18)22)29(20-14-5-2-6-15-20)32-25(23)27(31)28(26)19-12-3-1-4-13-19/h1-17,23-25H/t23-,24+,25-/m0/s1. The molecule has 0 aliphatic carbocycles. The van der Waals surface area contributed by atoms with Crippen molar-refractivity contribution in [3.63, 3.8) is 0 Å². The quantitative estimate of drug-likeness (QED) is 0.443. The molecule has 0 radical (unpaired) electrons. The molecule has 4 aromatic rings. The van der Waals surface area contributed by atoms with E-state index in [9.17, 15) is 9.59 Å². The Morgan fingerprint density at radius 1 is 0.625 bits per heavy atom. The van der Waals surface area contributed by atoms with E-state index in [0.29, 0.717) is 5.69 Å². The summed E-state index contributed by atoms with van der Waals surface area (Å²) in [5.74, 6) is -1.20. The van der Waals surface area contributed by atoms with Gasteiger partial charge in [-0.3, -0.25) is 14.4 Å². The fraction of sp³-hybridized carbons (Fsp3) is 0.111. The predicted octanol–water partition coefficient (Wildman–Crippen LogP) is 4.89. The molecule has 4 aromatic carbocycles. The zero-order valence-corrected chi connectivity index (χ0v) is 17.2. The molecule has 3 atom stereocenters. The van der Waals surface area contributed by atoms with Crippen LogP contribution in [-0.4, -0.2) is 17.9 Å². The van der Waals surface area contributed by atoms with Crippen molar-refractivity contribution in [1.82, 2.24) is 0 Å². The Labute approximate surface area is 185 Å². The molecule has 2 fully saturated rings. The molecule has 0 N–H and O–H groups in total. The van der Waals surface area contributed by atoms with Crippen LogP contribution in [0, 0.1) is 5.92 Å². The summed E-state index contributed by atoms with van der Waals surface area (Å²) >= 11 is 0. The summed E-state index contributed by atoms with van der Waals surface area (Å²) < 4.78 is 0. The lowest BCUT2D eigenvalue weighted by Crippen LogP contribution is -2.37. The molecule has 2 aliphatic heterocycles. The van der Waals surface area contributed by atoms with Gasteiger partial charge in [0.15, 0.2) is 6.10 Å². The lowest BCUT2D eigenvalue weighted by atomic mass is 9.87. The first kappa shape index (κ1) is 18.8. The minimum absolute atomic E-state index is 0.234. The zero-order chi connectivity index (χ0) is 21.7. The van der Waals surface area contributed by atoms with Crippen LogP contribution in [0.5, 0.6) is 0 Å². The van der Waals surface area contributed by atoms with Crippen molar-refractivity contribution >= 4 is 34.0 Å². The van der Waals surface area contributed by atoms with E-state index in [0.717, 1.165) is 22.0 Å². The van der Waals surface area contributed by atoms with Crippen molar-refractivity contribution in [2.45, 2.75) is 12.1 Å². The molecule has 6 rings (SSSR count). The summed E-state index contributed by atoms with van der Waals surface area (Å²) in [7, 11) is 0. The average molecular weight is 420 g/mol. The first-order valence-electron chi connectivity index (χ1n) is 10.7. The highest BCUT2D eigenvalue weighted by atomic mass is 16.7. The fourth-order valence-corrected chi connectivity index (χ4v) is 4.87. The number of hydrogen-bond acceptors (Lipinski definition) is 4. The molecule has 5 heteroatoms. The highest BCUT2D eigenvalue weighted by molar-refractivity contribution is 6.24. The third-order valence-electron chi connectivity index (χ3n) is 6.28. The lowest BCUT2D eigenvalue weighted by molar-refractivity contribution is -0.126. The molecular formula is C27H20N2O3. The van der Waals surface area contributed by atoms with Gasteiger partial charge in [-0.15, -0.1) is 0 Å². The largest absolute Gasteiger partial charge is 0.273 e. The monoisotopic (exact) mass is 420 g/mol. The number of rotatable bonds is 3. The first-order valence-corrected chi connectivity index (χ1v) is 10.7. The molecule has 2 saturated heterocycles. The van der Waals surface area contributed by atoms with Crippen LogP contribution in [0.4, 0.5) is 11.4 Å². The molecule has 0 spiro atoms. The van der Waals surface area contributed by atoms with E-state index in [2.05, 4.69) is 18.2 Å². The molecule has 0 bridgehead atoms. The molecule has 156 valence electrons. The van der Waals surface area contributed by atoms with E-state index >= 15 is 0 Å². The van der Waals surface area contributed by atoms with Gasteiger partial charge in [0.05, 0.1) is 17.4 Å². The number of para-hydroxylation sites is 2. The van der Waals surface area contributed by atoms with Gasteiger partial charge in [-0.1, -0.05) is 78.9 Å². The van der Waals surface area contributed by atoms with Crippen molar-refractivity contribution in [3.8, 4) is 0 Å². The maximum atomic E-state index is 13.7. The molecule has 2 heterocycles. The van der Waals surface area contributed by atoms with E-state index in [1.54, 1.807) is 17.2 Å². The van der Waals surface area contributed by atoms with Gasteiger partial charge in [-0.05, 0) is 40.6 Å². The summed E-state index contributed by atoms with van der Waals surface area (Å²) in [6.45, 7) is 0. The van der Waals surface area contributed by atoms with Gasteiger partial charge >= 0.3 is 0 Å². The fourth-order valence-electron chi connectivity index (χ4n) is 4.87. The second-order valence-corrected chi connectivity index (χ2v) is 8.07. The summed E-state index contributed by atoms with van der Waals surface area (Å²) in [6.07, 6.45) is -0.869. The Balaban J connectivity index is 1.52. The molecule has 0 saturated carbocycles. The minimum Gasteiger partial charge on any atom is -0.273 e. The lowest BCUT2D eigenvalue weighted by Gasteiger charge is -2.29. The predicted molar refractivity (Wildman–Crippen MR) is 123 cm³/mol. The van der Waals surface area contributed by atoms with Gasteiger partial charge in [0, 0.05) is 0 Å². The normalized spacial score (nSPS) is 22.6. The van der Waals surface area contributed by atoms with E-state index in [4.69, 9.17) is 4.84 Å². The highest BCUT2D eigenvalue weighted by Gasteiger charge is 2.60. The zero-order valence-electron chi connectivity index (χ0n) is 17.2. The van der Waals surface area contributed by atoms with E-state index in [1.807, 2.05) is 72.8 Å². The van der Waals surface area contributed by atoms with Crippen LogP contribution in [0.15, 0.2) is 103 Å². The summed E-state index contributed by atoms with van der Waals surface area (Å²) in [6, 6.07) is 32.4. The Morgan fingerprint density at radius 2 is 1.25 bits per heavy atom. The maximum absolute atomic E-state index is 13.7. The topological polar surface area (TPSA) is 49.9 Å². The van der Waals surface area contributed by atoms with Crippen LogP contribution in [0.25, 0.3) is 10.8 Å². The van der Waals surface area contributed by atoms with Crippen LogP contribution in [0.1, 0.15) is 11.6 Å². The Morgan fingerprint density at radius 3 is 2.00 bits per heavy atom. The van der Waals surface area contributed by atoms with E-state index in [1.165, 1.54) is 4.90 Å². The van der Waals surface area contributed by atoms with Gasteiger partial charge < -0.3 is 0 Å². The number of amides is 2. The van der Waals surface area contributed by atoms with Gasteiger partial charge in [0.2, 0.25) is 5.91 Å². The molecule has 5 nitrogen and oxygen atoms in total. The highest BCUT2D eigenvalue weighted by Crippen LogP contribution is 2.48. The van der Waals surface area contributed by atoms with Crippen LogP contribution in [0.2, 0.25) is 0 Å². The number of hydrogen-bond donors (Lipinski definition) is 0. The average Bonchev–Trinajstić information content (AvgIpc) is 3.35. The van der Waals surface area contributed by atoms with Crippen LogP contribution in [-0.2, 0) is 14.4 Å². The second kappa shape index (κ2) is 7.32. The Hall–Kier alpha value is -3.96. The van der Waals surface area contributed by atoms with Crippen molar-refractivity contribution < 1.29 is 14.4 Å². The third kappa shape index (κ3) is 2.75. The number of fused-ring (bicyclic) bond motifs is 2. The number of benzene rings is 4. The summed E-state index contributed by atoms with van der Waals surface area (Å²) in [5.41, 5.74) is 2.35. The van der Waals surface area contributed by atoms with Crippen molar-refractivity contribution in [2.24, 2.45) is 5.92 Å². The molecule has 0 aromatic heterocycles. The minimum atomic E-state index is -0.869. The second-order valence-electron chi connectivity index (χ2n) is 8.07. The van der Waals surface area contributed by atoms with Gasteiger partial charge in [-0.25, -0.2) is 9.96 Å². The number of carbonyl (C=O) groups excluding carboxylic acids is 2. The molecule has 32 heavy (non-hydrogen) atoms. The number of anilines is 2. The third-order valence-corrected chi connectivity index (χ3v) is 6.28. The first-order chi connectivity index (χ1) is 15.7. The van der Waals surface area contributed by atoms with Gasteiger partial charge in [0.1, 0.15) is 5.92 Å². The van der Waals surface area contributed by atoms with Crippen LogP contribution < -0.4 is 9.96 Å². The number of nitrogens with zero attached hydrogens (tertiary/aromatic N) is 2. The number of imide groups is 1. The molecule has 0 unspecified atom stereocenters. The van der Waals surface area contributed by atoms with Gasteiger partial charge in [-0.2, -0.15) is 0 Å². The van der Waals surface area contributed by atoms with Crippen molar-refractivity contribution in [2.75, 3.05) is 9.96 Å². The van der Waals surface area contributed by atoms with Crippen LogP contribution in [0.3, 0.4) is 0 Å². The smallest absolute Gasteiger partial charge is 0.266 e. The SMILES string of the molecule is O=C1[C@@H]2[C@H](ON(c3ccccc3)[C@@H]2c2cccc3ccccc23)C(=O)N1c1ccccc1. The maximum Gasteiger partial charge on any atom is 0.266 e. The Bertz CT molecular complexity index is 1320.